The first-order valence-corrected chi connectivity index (χ1v) is 6.85. The number of nitrogens with one attached hydrogen (secondary N) is 3. The van der Waals surface area contributed by atoms with E-state index in [2.05, 4.69) is 31.5 Å². The Labute approximate surface area is 129 Å². The average Bonchev–Trinajstić information content (AvgIpc) is 2.49. The Morgan fingerprint density at radius 3 is 2.09 bits per heavy atom. The lowest BCUT2D eigenvalue weighted by molar-refractivity contribution is -0.139. The second-order valence-electron chi connectivity index (χ2n) is 5.72. The molecule has 7 nitrogen and oxygen atoms in total. The number of hydrogen-bond acceptors (Lipinski definition) is 4. The van der Waals surface area contributed by atoms with E-state index in [1.165, 1.54) is 0 Å². The van der Waals surface area contributed by atoms with Crippen LogP contribution in [-0.2, 0) is 15.0 Å². The van der Waals surface area contributed by atoms with Crippen LogP contribution in [0.25, 0.3) is 0 Å². The van der Waals surface area contributed by atoms with Crippen molar-refractivity contribution < 1.29 is 19.5 Å². The Bertz CT molecular complexity index is 547. The zero-order chi connectivity index (χ0) is 16.8. The summed E-state index contributed by atoms with van der Waals surface area (Å²) in [7, 11) is 0. The van der Waals surface area contributed by atoms with Gasteiger partial charge in [-0.1, -0.05) is 32.9 Å². The molecule has 0 radical (unpaired) electrons. The van der Waals surface area contributed by atoms with Crippen LogP contribution in [0.2, 0.25) is 0 Å². The first-order chi connectivity index (χ1) is 10.3. The highest BCUT2D eigenvalue weighted by molar-refractivity contribution is 6.35. The summed E-state index contributed by atoms with van der Waals surface area (Å²) in [6, 6.07) is 6.97. The van der Waals surface area contributed by atoms with Gasteiger partial charge in [0.25, 0.3) is 5.91 Å². The molecule has 0 fully saturated rings. The van der Waals surface area contributed by atoms with Crippen LogP contribution in [0.15, 0.2) is 24.3 Å². The Morgan fingerprint density at radius 2 is 1.59 bits per heavy atom. The average molecular weight is 307 g/mol. The third-order valence-electron chi connectivity index (χ3n) is 2.91. The van der Waals surface area contributed by atoms with E-state index in [-0.39, 0.29) is 18.6 Å². The van der Waals surface area contributed by atoms with Crippen LogP contribution in [0.1, 0.15) is 36.7 Å². The SMILES string of the molecule is CC(C)(C)c1ccc(C(=O)NNC(=O)C(=O)NCCO)cc1. The van der Waals surface area contributed by atoms with Crippen LogP contribution >= 0.6 is 0 Å². The molecule has 22 heavy (non-hydrogen) atoms. The van der Waals surface area contributed by atoms with Gasteiger partial charge < -0.3 is 10.4 Å². The van der Waals surface area contributed by atoms with Crippen molar-refractivity contribution >= 4 is 17.7 Å². The number of carbonyl (C=O) groups is 3. The minimum absolute atomic E-state index is 0.0198. The Balaban J connectivity index is 2.55. The number of aliphatic hydroxyl groups excluding tert-OH is 1. The molecule has 1 aromatic rings. The highest BCUT2D eigenvalue weighted by Crippen LogP contribution is 2.21. The predicted octanol–water partition coefficient (Wildman–Crippen LogP) is -0.146. The van der Waals surface area contributed by atoms with E-state index < -0.39 is 17.7 Å². The summed E-state index contributed by atoms with van der Waals surface area (Å²) in [6.45, 7) is 5.88. The Hall–Kier alpha value is -2.41. The molecule has 4 N–H and O–H groups in total. The van der Waals surface area contributed by atoms with Crippen molar-refractivity contribution in [2.45, 2.75) is 26.2 Å². The van der Waals surface area contributed by atoms with E-state index in [0.29, 0.717) is 5.56 Å². The molecule has 0 heterocycles. The zero-order valence-electron chi connectivity index (χ0n) is 12.9. The van der Waals surface area contributed by atoms with Crippen LogP contribution in [0.4, 0.5) is 0 Å². The van der Waals surface area contributed by atoms with Gasteiger partial charge in [0.2, 0.25) is 0 Å². The second-order valence-corrected chi connectivity index (χ2v) is 5.72. The Morgan fingerprint density at radius 1 is 1.00 bits per heavy atom. The van der Waals surface area contributed by atoms with Gasteiger partial charge in [-0.2, -0.15) is 0 Å². The number of aliphatic hydroxyl groups is 1. The number of carbonyl (C=O) groups excluding carboxylic acids is 3. The topological polar surface area (TPSA) is 108 Å². The zero-order valence-corrected chi connectivity index (χ0v) is 12.9. The molecule has 0 bridgehead atoms. The molecule has 3 amide bonds. The van der Waals surface area contributed by atoms with Crippen molar-refractivity contribution in [2.24, 2.45) is 0 Å². The fourth-order valence-corrected chi connectivity index (χ4v) is 1.61. The van der Waals surface area contributed by atoms with Gasteiger partial charge in [0.05, 0.1) is 6.61 Å². The lowest BCUT2D eigenvalue weighted by Gasteiger charge is -2.19. The largest absolute Gasteiger partial charge is 0.395 e. The fraction of sp³-hybridized carbons (Fsp3) is 0.400. The molecule has 120 valence electrons. The molecule has 0 unspecified atom stereocenters. The highest BCUT2D eigenvalue weighted by Gasteiger charge is 2.16. The van der Waals surface area contributed by atoms with Crippen LogP contribution in [-0.4, -0.2) is 36.0 Å². The summed E-state index contributed by atoms with van der Waals surface area (Å²) in [5, 5.41) is 10.7. The van der Waals surface area contributed by atoms with Gasteiger partial charge in [-0.15, -0.1) is 0 Å². The van der Waals surface area contributed by atoms with Crippen LogP contribution in [0.5, 0.6) is 0 Å². The molecule has 0 saturated heterocycles. The molecule has 0 aromatic heterocycles. The van der Waals surface area contributed by atoms with E-state index in [9.17, 15) is 14.4 Å². The van der Waals surface area contributed by atoms with E-state index in [1.54, 1.807) is 12.1 Å². The first-order valence-electron chi connectivity index (χ1n) is 6.85. The Kier molecular flexibility index (Phi) is 6.06. The summed E-state index contributed by atoms with van der Waals surface area (Å²) in [5.41, 5.74) is 5.58. The van der Waals surface area contributed by atoms with Crippen molar-refractivity contribution in [3.63, 3.8) is 0 Å². The third kappa shape index (κ3) is 5.17. The van der Waals surface area contributed by atoms with Gasteiger partial charge >= 0.3 is 11.8 Å². The minimum atomic E-state index is -1.01. The van der Waals surface area contributed by atoms with Crippen LogP contribution < -0.4 is 16.2 Å². The molecule has 0 saturated carbocycles. The van der Waals surface area contributed by atoms with E-state index in [4.69, 9.17) is 5.11 Å². The quantitative estimate of drug-likeness (QED) is 0.460. The summed E-state index contributed by atoms with van der Waals surface area (Å²) >= 11 is 0. The molecule has 0 atom stereocenters. The summed E-state index contributed by atoms with van der Waals surface area (Å²) < 4.78 is 0. The maximum absolute atomic E-state index is 11.8. The maximum atomic E-state index is 11.8. The maximum Gasteiger partial charge on any atom is 0.327 e. The van der Waals surface area contributed by atoms with Crippen molar-refractivity contribution in [3.8, 4) is 0 Å². The summed E-state index contributed by atoms with van der Waals surface area (Å²) in [4.78, 5) is 34.4. The first kappa shape index (κ1) is 17.6. The minimum Gasteiger partial charge on any atom is -0.395 e. The van der Waals surface area contributed by atoms with Gasteiger partial charge in [0.1, 0.15) is 0 Å². The van der Waals surface area contributed by atoms with Crippen LogP contribution in [0, 0.1) is 0 Å². The molecular weight excluding hydrogens is 286 g/mol. The fourth-order valence-electron chi connectivity index (χ4n) is 1.61. The lowest BCUT2D eigenvalue weighted by Crippen LogP contribution is -2.48. The van der Waals surface area contributed by atoms with Gasteiger partial charge in [0, 0.05) is 12.1 Å². The molecule has 0 aliphatic rings. The lowest BCUT2D eigenvalue weighted by atomic mass is 9.87. The van der Waals surface area contributed by atoms with Crippen molar-refractivity contribution in [1.29, 1.82) is 0 Å². The number of amides is 3. The number of hydrogen-bond donors (Lipinski definition) is 4. The van der Waals surface area contributed by atoms with Gasteiger partial charge in [-0.25, -0.2) is 0 Å². The summed E-state index contributed by atoms with van der Waals surface area (Å²) in [6.07, 6.45) is 0. The molecule has 0 aliphatic heterocycles. The van der Waals surface area contributed by atoms with Gasteiger partial charge in [-0.05, 0) is 23.1 Å². The molecular formula is C15H21N3O4. The molecule has 1 rings (SSSR count). The van der Waals surface area contributed by atoms with Gasteiger partial charge in [0.15, 0.2) is 0 Å². The highest BCUT2D eigenvalue weighted by atomic mass is 16.3. The third-order valence-corrected chi connectivity index (χ3v) is 2.91. The predicted molar refractivity (Wildman–Crippen MR) is 80.8 cm³/mol. The summed E-state index contributed by atoms with van der Waals surface area (Å²) in [5.74, 6) is -2.46. The normalized spacial score (nSPS) is 10.7. The standard InChI is InChI=1S/C15H21N3O4/c1-15(2,3)11-6-4-10(5-7-11)12(20)17-18-14(22)13(21)16-8-9-19/h4-7,19H,8-9H2,1-3H3,(H,16,21)(H,17,20)(H,18,22). The molecule has 0 spiro atoms. The molecule has 1 aromatic carbocycles. The smallest absolute Gasteiger partial charge is 0.327 e. The molecule has 7 heteroatoms. The van der Waals surface area contributed by atoms with Gasteiger partial charge in [-0.3, -0.25) is 25.2 Å². The van der Waals surface area contributed by atoms with Crippen LogP contribution in [0.3, 0.4) is 0 Å². The van der Waals surface area contributed by atoms with E-state index >= 15 is 0 Å². The second kappa shape index (κ2) is 7.56. The number of rotatable bonds is 3. The van der Waals surface area contributed by atoms with E-state index in [0.717, 1.165) is 5.56 Å². The van der Waals surface area contributed by atoms with Crippen molar-refractivity contribution in [2.75, 3.05) is 13.2 Å². The molecule has 0 aliphatic carbocycles. The van der Waals surface area contributed by atoms with Crippen molar-refractivity contribution in [3.05, 3.63) is 35.4 Å². The number of hydrazine groups is 1. The number of benzene rings is 1. The monoisotopic (exact) mass is 307 g/mol. The van der Waals surface area contributed by atoms with Crippen molar-refractivity contribution in [1.82, 2.24) is 16.2 Å². The van der Waals surface area contributed by atoms with E-state index in [1.807, 2.05) is 17.6 Å².